The first-order valence-electron chi connectivity index (χ1n) is 5.46. The Hall–Kier alpha value is -2.36. The van der Waals surface area contributed by atoms with E-state index in [1.807, 2.05) is 6.07 Å². The summed E-state index contributed by atoms with van der Waals surface area (Å²) < 4.78 is 5.24. The van der Waals surface area contributed by atoms with Gasteiger partial charge in [0.1, 0.15) is 5.75 Å². The predicted molar refractivity (Wildman–Crippen MR) is 67.9 cm³/mol. The van der Waals surface area contributed by atoms with Crippen LogP contribution in [0.5, 0.6) is 5.75 Å². The van der Waals surface area contributed by atoms with E-state index < -0.39 is 5.97 Å². The van der Waals surface area contributed by atoms with Crippen LogP contribution in [0, 0.1) is 6.92 Å². The lowest BCUT2D eigenvalue weighted by Gasteiger charge is -2.09. The van der Waals surface area contributed by atoms with Gasteiger partial charge in [0, 0.05) is 18.0 Å². The average molecular weight is 243 g/mol. The van der Waals surface area contributed by atoms with Crippen LogP contribution in [0.3, 0.4) is 0 Å². The van der Waals surface area contributed by atoms with Crippen molar-refractivity contribution in [3.63, 3.8) is 0 Å². The molecule has 2 rings (SSSR count). The summed E-state index contributed by atoms with van der Waals surface area (Å²) in [6, 6.07) is 7.03. The fourth-order valence-electron chi connectivity index (χ4n) is 1.80. The Morgan fingerprint density at radius 1 is 1.33 bits per heavy atom. The first-order valence-corrected chi connectivity index (χ1v) is 5.46. The molecule has 0 amide bonds. The molecule has 0 saturated heterocycles. The molecule has 4 nitrogen and oxygen atoms in total. The number of aryl methyl sites for hydroxylation is 1. The van der Waals surface area contributed by atoms with E-state index in [2.05, 4.69) is 4.98 Å². The third-order valence-electron chi connectivity index (χ3n) is 2.78. The molecule has 0 fully saturated rings. The molecule has 0 unspecified atom stereocenters. The summed E-state index contributed by atoms with van der Waals surface area (Å²) >= 11 is 0. The maximum absolute atomic E-state index is 11.1. The summed E-state index contributed by atoms with van der Waals surface area (Å²) in [5, 5.41) is 9.12. The standard InChI is InChI=1S/C14H13NO3/c1-9-3-4-10(7-11(9)14(16)17)12-8-15-6-5-13(12)18-2/h3-8H,1-2H3,(H,16,17). The van der Waals surface area contributed by atoms with Gasteiger partial charge in [0.2, 0.25) is 0 Å². The molecule has 0 aliphatic rings. The van der Waals surface area contributed by atoms with Gasteiger partial charge < -0.3 is 9.84 Å². The number of methoxy groups -OCH3 is 1. The number of hydrogen-bond acceptors (Lipinski definition) is 3. The Labute approximate surface area is 105 Å². The number of benzene rings is 1. The topological polar surface area (TPSA) is 59.4 Å². The number of nitrogens with zero attached hydrogens (tertiary/aromatic N) is 1. The molecule has 18 heavy (non-hydrogen) atoms. The van der Waals surface area contributed by atoms with Crippen molar-refractivity contribution in [1.82, 2.24) is 4.98 Å². The Morgan fingerprint density at radius 2 is 2.11 bits per heavy atom. The lowest BCUT2D eigenvalue weighted by molar-refractivity contribution is 0.0696. The quantitative estimate of drug-likeness (QED) is 0.900. The van der Waals surface area contributed by atoms with Crippen LogP contribution in [0.25, 0.3) is 11.1 Å². The zero-order valence-electron chi connectivity index (χ0n) is 10.2. The number of hydrogen-bond donors (Lipinski definition) is 1. The summed E-state index contributed by atoms with van der Waals surface area (Å²) in [7, 11) is 1.57. The minimum absolute atomic E-state index is 0.290. The van der Waals surface area contributed by atoms with Crippen LogP contribution < -0.4 is 4.74 Å². The van der Waals surface area contributed by atoms with Crippen LogP contribution in [0.2, 0.25) is 0 Å². The predicted octanol–water partition coefficient (Wildman–Crippen LogP) is 2.76. The maximum atomic E-state index is 11.1. The zero-order valence-corrected chi connectivity index (χ0v) is 10.2. The Bertz CT molecular complexity index is 593. The van der Waals surface area contributed by atoms with E-state index in [1.165, 1.54) is 0 Å². The van der Waals surface area contributed by atoms with Gasteiger partial charge in [-0.2, -0.15) is 0 Å². The Morgan fingerprint density at radius 3 is 2.78 bits per heavy atom. The first-order chi connectivity index (χ1) is 8.63. The highest BCUT2D eigenvalue weighted by Gasteiger charge is 2.11. The molecule has 92 valence electrons. The summed E-state index contributed by atoms with van der Waals surface area (Å²) in [6.45, 7) is 1.77. The largest absolute Gasteiger partial charge is 0.496 e. The van der Waals surface area contributed by atoms with Crippen LogP contribution in [0.1, 0.15) is 15.9 Å². The molecule has 0 spiro atoms. The Balaban J connectivity index is 2.58. The second kappa shape index (κ2) is 4.87. The van der Waals surface area contributed by atoms with Crippen molar-refractivity contribution in [2.45, 2.75) is 6.92 Å². The highest BCUT2D eigenvalue weighted by atomic mass is 16.5. The van der Waals surface area contributed by atoms with Gasteiger partial charge in [0.15, 0.2) is 0 Å². The van der Waals surface area contributed by atoms with E-state index in [1.54, 1.807) is 44.6 Å². The van der Waals surface area contributed by atoms with Crippen molar-refractivity contribution < 1.29 is 14.6 Å². The minimum Gasteiger partial charge on any atom is -0.496 e. The molecule has 2 aromatic rings. The zero-order chi connectivity index (χ0) is 13.1. The van der Waals surface area contributed by atoms with Gasteiger partial charge in [-0.15, -0.1) is 0 Å². The summed E-state index contributed by atoms with van der Waals surface area (Å²) in [5.41, 5.74) is 2.58. The number of pyridine rings is 1. The Kier molecular flexibility index (Phi) is 3.28. The van der Waals surface area contributed by atoms with E-state index in [4.69, 9.17) is 9.84 Å². The van der Waals surface area contributed by atoms with E-state index >= 15 is 0 Å². The van der Waals surface area contributed by atoms with Gasteiger partial charge in [-0.05, 0) is 30.2 Å². The van der Waals surface area contributed by atoms with Crippen LogP contribution in [0.15, 0.2) is 36.7 Å². The second-order valence-electron chi connectivity index (χ2n) is 3.91. The lowest BCUT2D eigenvalue weighted by Crippen LogP contribution is -2.00. The molecule has 1 heterocycles. The molecule has 0 aliphatic heterocycles. The van der Waals surface area contributed by atoms with Crippen LogP contribution >= 0.6 is 0 Å². The van der Waals surface area contributed by atoms with E-state index in [0.717, 1.165) is 16.7 Å². The van der Waals surface area contributed by atoms with E-state index in [-0.39, 0.29) is 0 Å². The number of carboxylic acids is 1. The number of ether oxygens (including phenoxy) is 1. The number of carboxylic acid groups (broad SMARTS) is 1. The van der Waals surface area contributed by atoms with Crippen LogP contribution in [0.4, 0.5) is 0 Å². The molecule has 1 aromatic heterocycles. The first kappa shape index (κ1) is 12.1. The van der Waals surface area contributed by atoms with Crippen molar-refractivity contribution in [3.8, 4) is 16.9 Å². The third kappa shape index (κ3) is 2.18. The monoisotopic (exact) mass is 243 g/mol. The smallest absolute Gasteiger partial charge is 0.335 e. The second-order valence-corrected chi connectivity index (χ2v) is 3.91. The lowest BCUT2D eigenvalue weighted by atomic mass is 10.0. The van der Waals surface area contributed by atoms with Gasteiger partial charge in [-0.3, -0.25) is 4.98 Å². The highest BCUT2D eigenvalue weighted by molar-refractivity contribution is 5.91. The molecular formula is C14H13NO3. The fourth-order valence-corrected chi connectivity index (χ4v) is 1.80. The van der Waals surface area contributed by atoms with E-state index in [9.17, 15) is 4.79 Å². The van der Waals surface area contributed by atoms with Gasteiger partial charge in [-0.1, -0.05) is 12.1 Å². The number of aromatic carboxylic acids is 1. The maximum Gasteiger partial charge on any atom is 0.335 e. The molecule has 0 radical (unpaired) electrons. The van der Waals surface area contributed by atoms with Crippen molar-refractivity contribution >= 4 is 5.97 Å². The molecule has 1 N–H and O–H groups in total. The molecular weight excluding hydrogens is 230 g/mol. The number of carbonyl (C=O) groups is 1. The van der Waals surface area contributed by atoms with Crippen molar-refractivity contribution in [1.29, 1.82) is 0 Å². The number of rotatable bonds is 3. The van der Waals surface area contributed by atoms with Gasteiger partial charge in [-0.25, -0.2) is 4.79 Å². The summed E-state index contributed by atoms with van der Waals surface area (Å²) in [4.78, 5) is 15.2. The van der Waals surface area contributed by atoms with Crippen molar-refractivity contribution in [2.75, 3.05) is 7.11 Å². The van der Waals surface area contributed by atoms with Gasteiger partial charge in [0.25, 0.3) is 0 Å². The van der Waals surface area contributed by atoms with Crippen molar-refractivity contribution in [2.24, 2.45) is 0 Å². The molecule has 0 bridgehead atoms. The number of aromatic nitrogens is 1. The SMILES string of the molecule is COc1ccncc1-c1ccc(C)c(C(=O)O)c1. The molecule has 1 aromatic carbocycles. The molecule has 0 aliphatic carbocycles. The highest BCUT2D eigenvalue weighted by Crippen LogP contribution is 2.29. The molecule has 4 heteroatoms. The normalized spacial score (nSPS) is 10.1. The van der Waals surface area contributed by atoms with E-state index in [0.29, 0.717) is 11.3 Å². The van der Waals surface area contributed by atoms with Gasteiger partial charge >= 0.3 is 5.97 Å². The summed E-state index contributed by atoms with van der Waals surface area (Å²) in [5.74, 6) is -0.262. The average Bonchev–Trinajstić information content (AvgIpc) is 2.39. The van der Waals surface area contributed by atoms with Crippen molar-refractivity contribution in [3.05, 3.63) is 47.8 Å². The van der Waals surface area contributed by atoms with Crippen LogP contribution in [-0.2, 0) is 0 Å². The third-order valence-corrected chi connectivity index (χ3v) is 2.78. The molecule has 0 atom stereocenters. The minimum atomic E-state index is -0.933. The van der Waals surface area contributed by atoms with Crippen LogP contribution in [-0.4, -0.2) is 23.2 Å². The van der Waals surface area contributed by atoms with Gasteiger partial charge in [0.05, 0.1) is 12.7 Å². The summed E-state index contributed by atoms with van der Waals surface area (Å²) in [6.07, 6.45) is 3.30. The molecule has 0 saturated carbocycles. The fraction of sp³-hybridized carbons (Fsp3) is 0.143.